The third-order valence-corrected chi connectivity index (χ3v) is 13.9. The van der Waals surface area contributed by atoms with Gasteiger partial charge in [-0.3, -0.25) is 0 Å². The van der Waals surface area contributed by atoms with Crippen LogP contribution in [0.1, 0.15) is 36.7 Å². The summed E-state index contributed by atoms with van der Waals surface area (Å²) in [6.45, 7) is 12.0. The van der Waals surface area contributed by atoms with Crippen molar-refractivity contribution in [2.75, 3.05) is 97.8 Å². The third kappa shape index (κ3) is 15.2. The Hall–Kier alpha value is -4.12. The first-order valence-corrected chi connectivity index (χ1v) is 21.3. The van der Waals surface area contributed by atoms with Gasteiger partial charge >= 0.3 is 12.1 Å². The largest absolute Gasteiger partial charge is 0.460 e. The van der Waals surface area contributed by atoms with Gasteiger partial charge in [-0.25, -0.2) is 4.79 Å². The summed E-state index contributed by atoms with van der Waals surface area (Å²) in [5, 5.41) is 5.27. The van der Waals surface area contributed by atoms with E-state index >= 15 is 0 Å². The first-order chi connectivity index (χ1) is 28.0. The highest BCUT2D eigenvalue weighted by Crippen LogP contribution is 2.37. The molecule has 14 heteroatoms. The molecule has 0 unspecified atom stereocenters. The topological polar surface area (TPSA) is 103 Å². The molecule has 0 spiro atoms. The van der Waals surface area contributed by atoms with Gasteiger partial charge in [0.15, 0.2) is 0 Å². The average Bonchev–Trinajstić information content (AvgIpc) is 3.21. The monoisotopic (exact) mass is 827 g/mol. The highest BCUT2D eigenvalue weighted by Gasteiger charge is 2.50. The van der Waals surface area contributed by atoms with E-state index in [1.807, 2.05) is 12.1 Å². The number of para-hydroxylation sites is 1. The molecule has 0 aliphatic carbocycles. The van der Waals surface area contributed by atoms with E-state index in [1.54, 1.807) is 18.2 Å². The lowest BCUT2D eigenvalue weighted by Gasteiger charge is -2.43. The Morgan fingerprint density at radius 1 is 0.534 bits per heavy atom. The molecule has 316 valence electrons. The van der Waals surface area contributed by atoms with Crippen LogP contribution >= 0.6 is 0 Å². The molecule has 0 saturated heterocycles. The molecule has 4 rings (SSSR count). The van der Waals surface area contributed by atoms with Crippen molar-refractivity contribution in [1.29, 1.82) is 0 Å². The van der Waals surface area contributed by atoms with Gasteiger partial charge in [0.1, 0.15) is 6.61 Å². The second-order valence-corrected chi connectivity index (χ2v) is 18.4. The Bertz CT molecular complexity index is 1700. The number of nitrogens with one attached hydrogen (secondary N) is 1. The van der Waals surface area contributed by atoms with Crippen LogP contribution in [-0.4, -0.2) is 107 Å². The SMILES string of the molecule is CC(C)(C)[Si](OCCOCCOCCOCCOCCOCCOCCOC(=O)c1ccccc1Nc1cccc(C(F)(F)F)c1)(c1ccccc1)c1ccccc1. The molecule has 0 bridgehead atoms. The Balaban J connectivity index is 0.948. The van der Waals surface area contributed by atoms with Crippen molar-refractivity contribution < 1.29 is 55.5 Å². The van der Waals surface area contributed by atoms with Gasteiger partial charge in [-0.1, -0.05) is 99.6 Å². The number of esters is 1. The van der Waals surface area contributed by atoms with Crippen LogP contribution in [0.15, 0.2) is 109 Å². The van der Waals surface area contributed by atoms with E-state index in [2.05, 4.69) is 74.6 Å². The number of hydrogen-bond donors (Lipinski definition) is 1. The van der Waals surface area contributed by atoms with Crippen LogP contribution in [0.5, 0.6) is 0 Å². The highest BCUT2D eigenvalue weighted by atomic mass is 28.4. The van der Waals surface area contributed by atoms with E-state index in [0.29, 0.717) is 85.0 Å². The summed E-state index contributed by atoms with van der Waals surface area (Å²) in [7, 11) is -2.57. The standard InChI is InChI=1S/C44H56F3NO9Si/c1-43(2,3)58(38-15-6-4-7-16-38,39-17-8-5-9-18-39)57-34-32-55-30-28-53-26-24-51-22-21-50-23-25-52-27-29-54-31-33-56-42(49)40-19-10-11-20-41(40)48-37-14-12-13-36(35-37)44(45,46)47/h4-20,35,48H,21-34H2,1-3H3. The summed E-state index contributed by atoms with van der Waals surface area (Å²) < 4.78 is 84.9. The molecule has 0 aliphatic rings. The van der Waals surface area contributed by atoms with Crippen LogP contribution in [0.3, 0.4) is 0 Å². The quantitative estimate of drug-likeness (QED) is 0.0375. The van der Waals surface area contributed by atoms with Crippen molar-refractivity contribution in [2.24, 2.45) is 0 Å². The summed E-state index contributed by atoms with van der Waals surface area (Å²) in [6.07, 6.45) is -4.48. The molecule has 4 aromatic rings. The average molecular weight is 828 g/mol. The number of rotatable bonds is 27. The van der Waals surface area contributed by atoms with Crippen molar-refractivity contribution in [2.45, 2.75) is 32.0 Å². The predicted molar refractivity (Wildman–Crippen MR) is 220 cm³/mol. The molecule has 0 saturated carbocycles. The number of hydrogen-bond acceptors (Lipinski definition) is 10. The maximum atomic E-state index is 13.1. The molecule has 58 heavy (non-hydrogen) atoms. The maximum Gasteiger partial charge on any atom is 0.416 e. The van der Waals surface area contributed by atoms with Crippen molar-refractivity contribution in [3.05, 3.63) is 120 Å². The second-order valence-electron chi connectivity index (χ2n) is 14.1. The fourth-order valence-corrected chi connectivity index (χ4v) is 10.7. The van der Waals surface area contributed by atoms with Gasteiger partial charge < -0.3 is 42.9 Å². The summed E-state index contributed by atoms with van der Waals surface area (Å²) in [5.41, 5.74) is -0.0834. The van der Waals surface area contributed by atoms with Gasteiger partial charge in [0.05, 0.1) is 103 Å². The van der Waals surface area contributed by atoms with Crippen molar-refractivity contribution in [3.8, 4) is 0 Å². The van der Waals surface area contributed by atoms with E-state index in [4.69, 9.17) is 37.6 Å². The van der Waals surface area contributed by atoms with Crippen molar-refractivity contribution in [3.63, 3.8) is 0 Å². The Kier molecular flexibility index (Phi) is 19.8. The number of alkyl halides is 3. The zero-order chi connectivity index (χ0) is 41.5. The molecule has 10 nitrogen and oxygen atoms in total. The van der Waals surface area contributed by atoms with E-state index in [0.717, 1.165) is 12.1 Å². The number of carbonyl (C=O) groups is 1. The van der Waals surface area contributed by atoms with Crippen LogP contribution in [0, 0.1) is 0 Å². The predicted octanol–water partition coefficient (Wildman–Crippen LogP) is 7.28. The van der Waals surface area contributed by atoms with E-state index in [-0.39, 0.29) is 29.5 Å². The molecule has 0 aliphatic heterocycles. The van der Waals surface area contributed by atoms with Gasteiger partial charge in [-0.05, 0) is 45.7 Å². The first-order valence-electron chi connectivity index (χ1n) is 19.4. The normalized spacial score (nSPS) is 12.1. The molecule has 0 fully saturated rings. The smallest absolute Gasteiger partial charge is 0.416 e. The Morgan fingerprint density at radius 3 is 1.43 bits per heavy atom. The van der Waals surface area contributed by atoms with E-state index in [1.165, 1.54) is 28.6 Å². The highest BCUT2D eigenvalue weighted by molar-refractivity contribution is 6.99. The van der Waals surface area contributed by atoms with Gasteiger partial charge in [0.25, 0.3) is 8.32 Å². The Morgan fingerprint density at radius 2 is 0.966 bits per heavy atom. The molecular weight excluding hydrogens is 772 g/mol. The number of carbonyl (C=O) groups excluding carboxylic acids is 1. The third-order valence-electron chi connectivity index (χ3n) is 8.90. The van der Waals surface area contributed by atoms with Crippen molar-refractivity contribution >= 4 is 36.0 Å². The number of halogens is 3. The lowest BCUT2D eigenvalue weighted by atomic mass is 10.1. The zero-order valence-corrected chi connectivity index (χ0v) is 34.6. The van der Waals surface area contributed by atoms with Gasteiger partial charge in [0.2, 0.25) is 0 Å². The second kappa shape index (κ2) is 24.7. The number of anilines is 2. The maximum absolute atomic E-state index is 13.1. The molecule has 0 aromatic heterocycles. The van der Waals surface area contributed by atoms with Crippen LogP contribution < -0.4 is 15.7 Å². The molecule has 0 heterocycles. The summed E-state index contributed by atoms with van der Waals surface area (Å²) in [5.74, 6) is -0.626. The lowest BCUT2D eigenvalue weighted by molar-refractivity contribution is -0.137. The zero-order valence-electron chi connectivity index (χ0n) is 33.6. The Labute approximate surface area is 341 Å². The van der Waals surface area contributed by atoms with Crippen LogP contribution in [0.25, 0.3) is 0 Å². The fraction of sp³-hybridized carbons (Fsp3) is 0.432. The summed E-state index contributed by atoms with van der Waals surface area (Å²) >= 11 is 0. The van der Waals surface area contributed by atoms with E-state index in [9.17, 15) is 18.0 Å². The van der Waals surface area contributed by atoms with E-state index < -0.39 is 26.0 Å². The minimum atomic E-state index is -4.48. The van der Waals surface area contributed by atoms with Crippen molar-refractivity contribution in [1.82, 2.24) is 0 Å². The molecule has 0 atom stereocenters. The van der Waals surface area contributed by atoms with Gasteiger partial charge in [-0.2, -0.15) is 13.2 Å². The molecule has 1 N–H and O–H groups in total. The van der Waals surface area contributed by atoms with Crippen LogP contribution in [0.4, 0.5) is 24.5 Å². The summed E-state index contributed by atoms with van der Waals surface area (Å²) in [6, 6.07) is 32.3. The molecule has 0 radical (unpaired) electrons. The first kappa shape index (κ1) is 46.6. The lowest BCUT2D eigenvalue weighted by Crippen LogP contribution is -2.66. The van der Waals surface area contributed by atoms with Gasteiger partial charge in [0, 0.05) is 5.69 Å². The molecule has 0 amide bonds. The molecule has 4 aromatic carbocycles. The minimum absolute atomic E-state index is 0.00123. The van der Waals surface area contributed by atoms with Crippen LogP contribution in [0.2, 0.25) is 5.04 Å². The summed E-state index contributed by atoms with van der Waals surface area (Å²) in [4.78, 5) is 12.6. The fourth-order valence-electron chi connectivity index (χ4n) is 6.19. The molecular formula is C44H56F3NO9Si. The number of ether oxygens (including phenoxy) is 7. The van der Waals surface area contributed by atoms with Crippen LogP contribution in [-0.2, 0) is 43.8 Å². The number of benzene rings is 4. The van der Waals surface area contributed by atoms with Gasteiger partial charge in [-0.15, -0.1) is 0 Å². The minimum Gasteiger partial charge on any atom is -0.460 e.